The second-order valence-electron chi connectivity index (χ2n) is 21.8. The lowest BCUT2D eigenvalue weighted by atomic mass is 9.81. The van der Waals surface area contributed by atoms with Crippen LogP contribution in [0.2, 0.25) is 18.1 Å². The number of amides is 1. The number of nitrogens with zero attached hydrogens (tertiary/aromatic N) is 1. The lowest BCUT2D eigenvalue weighted by Gasteiger charge is -2.44. The minimum Gasteiger partial charge on any atom is -0.460 e. The number of aliphatic hydroxyl groups excluding tert-OH is 1. The smallest absolute Gasteiger partial charge is 0.329 e. The molecule has 0 aromatic rings. The number of carbonyl (C=O) groups excluding carboxylic acids is 5. The van der Waals surface area contributed by atoms with E-state index in [-0.39, 0.29) is 60.5 Å². The number of ether oxygens (including phenoxy) is 5. The first kappa shape index (κ1) is 58.4. The summed E-state index contributed by atoms with van der Waals surface area (Å²) in [4.78, 5) is 71.5. The van der Waals surface area contributed by atoms with E-state index in [1.165, 1.54) is 12.0 Å². The van der Waals surface area contributed by atoms with Crippen molar-refractivity contribution in [3.8, 4) is 0 Å². The van der Waals surface area contributed by atoms with E-state index < -0.39 is 80.2 Å². The molecule has 4 aliphatic rings. The summed E-state index contributed by atoms with van der Waals surface area (Å²) in [5, 5.41) is 23.3. The zero-order valence-electron chi connectivity index (χ0n) is 44.0. The van der Waals surface area contributed by atoms with Gasteiger partial charge in [-0.3, -0.25) is 19.2 Å². The third-order valence-corrected chi connectivity index (χ3v) is 20.1. The highest BCUT2D eigenvalue weighted by Gasteiger charge is 2.53. The Morgan fingerprint density at radius 1 is 0.826 bits per heavy atom. The molecule has 2 N–H and O–H groups in total. The summed E-state index contributed by atoms with van der Waals surface area (Å²) >= 11 is 0. The first-order valence-corrected chi connectivity index (χ1v) is 28.5. The fourth-order valence-electron chi connectivity index (χ4n) is 9.93. The topological polar surface area (TPSA) is 184 Å². The molecule has 0 radical (unpaired) electrons. The van der Waals surface area contributed by atoms with Crippen LogP contribution in [0.1, 0.15) is 145 Å². The summed E-state index contributed by atoms with van der Waals surface area (Å²) in [6.07, 6.45) is 14.0. The fraction of sp³-hybridized carbons (Fsp3) is 0.759. The molecule has 4 rings (SSSR count). The Balaban J connectivity index is 1.64. The zero-order chi connectivity index (χ0) is 51.3. The van der Waals surface area contributed by atoms with Crippen LogP contribution in [0.15, 0.2) is 47.6 Å². The molecule has 1 aliphatic carbocycles. The molecule has 0 aromatic carbocycles. The van der Waals surface area contributed by atoms with Crippen LogP contribution in [0.5, 0.6) is 0 Å². The molecule has 3 fully saturated rings. The number of cyclic esters (lactones) is 1. The number of rotatable bonds is 8. The normalized spacial score (nSPS) is 36.6. The van der Waals surface area contributed by atoms with Gasteiger partial charge in [-0.2, -0.15) is 0 Å². The molecule has 0 spiro atoms. The first-order valence-electron chi connectivity index (χ1n) is 25.6. The van der Waals surface area contributed by atoms with Gasteiger partial charge in [0.1, 0.15) is 30.1 Å². The Morgan fingerprint density at radius 3 is 2.22 bits per heavy atom. The molecule has 1 amide bonds. The number of esters is 1. The van der Waals surface area contributed by atoms with Crippen molar-refractivity contribution in [2.24, 2.45) is 17.8 Å². The minimum absolute atomic E-state index is 0.0343. The van der Waals surface area contributed by atoms with E-state index in [4.69, 9.17) is 28.1 Å². The maximum atomic E-state index is 14.4. The molecule has 12 atom stereocenters. The maximum absolute atomic E-state index is 14.4. The number of methoxy groups -OCH3 is 3. The fourth-order valence-corrected chi connectivity index (χ4v) is 11.3. The molecule has 3 heterocycles. The van der Waals surface area contributed by atoms with Crippen molar-refractivity contribution >= 4 is 37.5 Å². The monoisotopic (exact) mass is 986 g/mol. The number of Topliss-reactive ketones (excluding diaryl/α,β-unsaturated/α-hetero) is 3. The Bertz CT molecular complexity index is 1870. The van der Waals surface area contributed by atoms with Gasteiger partial charge in [0.15, 0.2) is 14.1 Å². The average Bonchev–Trinajstić information content (AvgIpc) is 3.30. The maximum Gasteiger partial charge on any atom is 0.329 e. The first-order chi connectivity index (χ1) is 32.5. The number of carbonyl (C=O) groups is 5. The van der Waals surface area contributed by atoms with Gasteiger partial charge in [0.2, 0.25) is 5.79 Å². The summed E-state index contributed by atoms with van der Waals surface area (Å²) in [6, 6.07) is -1.12. The van der Waals surface area contributed by atoms with E-state index >= 15 is 0 Å². The van der Waals surface area contributed by atoms with E-state index in [2.05, 4.69) is 33.9 Å². The molecule has 2 saturated heterocycles. The van der Waals surface area contributed by atoms with E-state index in [0.29, 0.717) is 63.4 Å². The Morgan fingerprint density at radius 2 is 1.55 bits per heavy atom. The van der Waals surface area contributed by atoms with Gasteiger partial charge in [0.05, 0.1) is 24.4 Å². The van der Waals surface area contributed by atoms with Crippen LogP contribution in [-0.2, 0) is 52.1 Å². The van der Waals surface area contributed by atoms with Gasteiger partial charge in [-0.1, -0.05) is 71.1 Å². The molecular formula is C54H87NO13Si. The molecule has 390 valence electrons. The molecule has 0 aromatic heterocycles. The highest BCUT2D eigenvalue weighted by atomic mass is 28.4. The number of hydrogen-bond donors (Lipinski definition) is 2. The quantitative estimate of drug-likeness (QED) is 0.102. The molecule has 14 nitrogen and oxygen atoms in total. The lowest BCUT2D eigenvalue weighted by molar-refractivity contribution is -0.265. The van der Waals surface area contributed by atoms with Crippen LogP contribution >= 0.6 is 0 Å². The van der Waals surface area contributed by atoms with Crippen molar-refractivity contribution in [1.82, 2.24) is 4.90 Å². The Labute approximate surface area is 414 Å². The van der Waals surface area contributed by atoms with Gasteiger partial charge in [0.25, 0.3) is 11.7 Å². The number of allylic oxidation sites excluding steroid dienone is 6. The number of fused-ring (bicyclic) bond motifs is 3. The highest BCUT2D eigenvalue weighted by Crippen LogP contribution is 2.41. The third-order valence-electron chi connectivity index (χ3n) is 15.6. The summed E-state index contributed by atoms with van der Waals surface area (Å²) in [5.41, 5.74) is 1.30. The molecule has 69 heavy (non-hydrogen) atoms. The van der Waals surface area contributed by atoms with Crippen molar-refractivity contribution in [2.75, 3.05) is 27.9 Å². The number of aliphatic hydroxyl groups is 2. The highest BCUT2D eigenvalue weighted by molar-refractivity contribution is 6.74. The van der Waals surface area contributed by atoms with Crippen LogP contribution in [0, 0.1) is 17.8 Å². The van der Waals surface area contributed by atoms with Gasteiger partial charge < -0.3 is 43.2 Å². The summed E-state index contributed by atoms with van der Waals surface area (Å²) in [6.45, 7) is 18.2. The molecular weight excluding hydrogens is 899 g/mol. The van der Waals surface area contributed by atoms with Crippen molar-refractivity contribution in [3.05, 3.63) is 47.6 Å². The predicted octanol–water partition coefficient (Wildman–Crippen LogP) is 8.47. The van der Waals surface area contributed by atoms with Crippen LogP contribution in [0.3, 0.4) is 0 Å². The summed E-state index contributed by atoms with van der Waals surface area (Å²) < 4.78 is 36.6. The average molecular weight is 986 g/mol. The molecule has 1 unspecified atom stereocenters. The molecule has 15 heteroatoms. The third kappa shape index (κ3) is 15.9. The largest absolute Gasteiger partial charge is 0.460 e. The second-order valence-corrected chi connectivity index (χ2v) is 26.5. The van der Waals surface area contributed by atoms with Crippen molar-refractivity contribution in [2.45, 2.75) is 217 Å². The van der Waals surface area contributed by atoms with Crippen molar-refractivity contribution in [3.63, 3.8) is 0 Å². The summed E-state index contributed by atoms with van der Waals surface area (Å²) in [5.74, 6) is -6.95. The van der Waals surface area contributed by atoms with Gasteiger partial charge in [0, 0.05) is 59.0 Å². The van der Waals surface area contributed by atoms with Crippen molar-refractivity contribution in [1.29, 1.82) is 0 Å². The lowest BCUT2D eigenvalue weighted by Crippen LogP contribution is -2.60. The molecule has 1 saturated carbocycles. The van der Waals surface area contributed by atoms with Gasteiger partial charge in [-0.25, -0.2) is 4.79 Å². The Kier molecular flexibility index (Phi) is 22.4. The van der Waals surface area contributed by atoms with Crippen LogP contribution in [-0.4, -0.2) is 135 Å². The van der Waals surface area contributed by atoms with Crippen molar-refractivity contribution < 1.29 is 62.3 Å². The standard InChI is InChI=1S/C54H87NO13Si/c1-35-21-17-15-13-14-16-18-23-43(56)49(65-10)48(58)37(3)31-36(2)44(57)33-40(28-25-39-26-29-45(47(32-39)64-9)68-69(11,12)53(5,6)7)66-52(61)42-22-19-20-30-55(42)51(60)50(59)54(62)38(4)24-27-41(67-54)34-46(35)63-8/h13-15,17,21,31,36,38-42,45-49,58,62H,16,18-20,22-30,32-34H2,1-12H3/b14-13+,17-15+,35-21+,37-31+/t36-,38-,39-,40-,41+,42+,45?,46+,47-,48-,49+,54-/m1/s1. The Hall–Kier alpha value is -3.15. The molecule has 3 aliphatic heterocycles. The predicted molar refractivity (Wildman–Crippen MR) is 268 cm³/mol. The van der Waals surface area contributed by atoms with Crippen LogP contribution in [0.4, 0.5) is 0 Å². The molecule has 2 bridgehead atoms. The number of hydrogen-bond acceptors (Lipinski definition) is 13. The van der Waals surface area contributed by atoms with Crippen LogP contribution in [0.25, 0.3) is 0 Å². The van der Waals surface area contributed by atoms with Gasteiger partial charge in [-0.05, 0) is 126 Å². The SMILES string of the molecule is CO[C@H]1C[C@@H]2CC[C@@H](C)[C@@](O)(O2)C(=O)C(=O)N2CCCC[C@H]2C(=O)O[C@H](CC[C@@H]2CCC(O[Si](C)(C)C(C)(C)C)[C@H](OC)C2)CC(=O)[C@H](C)/C=C(\C)[C@@H](O)[C@@H](OC)C(=O)CCC/C=C/C=C/C=C/1C. The number of ketones is 3. The van der Waals surface area contributed by atoms with E-state index in [9.17, 15) is 34.2 Å². The summed E-state index contributed by atoms with van der Waals surface area (Å²) in [7, 11) is 2.61. The zero-order valence-corrected chi connectivity index (χ0v) is 45.0. The number of piperidine rings is 1. The minimum atomic E-state index is -2.42. The van der Waals surface area contributed by atoms with Gasteiger partial charge >= 0.3 is 5.97 Å². The van der Waals surface area contributed by atoms with Crippen LogP contribution < -0.4 is 0 Å². The van der Waals surface area contributed by atoms with E-state index in [1.807, 2.05) is 37.3 Å². The van der Waals surface area contributed by atoms with Gasteiger partial charge in [-0.15, -0.1) is 0 Å². The van der Waals surface area contributed by atoms with E-state index in [0.717, 1.165) is 24.8 Å². The van der Waals surface area contributed by atoms with E-state index in [1.54, 1.807) is 41.1 Å². The second kappa shape index (κ2) is 26.5.